The first kappa shape index (κ1) is 14.2. The fraction of sp³-hybridized carbons (Fsp3) is 0.600. The fourth-order valence-corrected chi connectivity index (χ4v) is 2.27. The molecular formula is C15H23NO3. The van der Waals surface area contributed by atoms with Crippen molar-refractivity contribution < 1.29 is 14.2 Å². The molecule has 1 aliphatic heterocycles. The number of nitrogens with two attached hydrogens (primary N) is 1. The average molecular weight is 265 g/mol. The molecule has 0 amide bonds. The van der Waals surface area contributed by atoms with Gasteiger partial charge in [-0.1, -0.05) is 6.07 Å². The van der Waals surface area contributed by atoms with E-state index in [1.165, 1.54) is 5.56 Å². The largest absolute Gasteiger partial charge is 0.493 e. The lowest BCUT2D eigenvalue weighted by Crippen LogP contribution is -2.21. The summed E-state index contributed by atoms with van der Waals surface area (Å²) in [5, 5.41) is 0. The first-order valence-corrected chi connectivity index (χ1v) is 6.91. The minimum atomic E-state index is 0.585. The van der Waals surface area contributed by atoms with E-state index in [-0.39, 0.29) is 0 Å². The highest BCUT2D eigenvalue weighted by molar-refractivity contribution is 5.43. The molecule has 0 saturated carbocycles. The normalized spacial score (nSPS) is 16.3. The van der Waals surface area contributed by atoms with Crippen LogP contribution in [0.4, 0.5) is 0 Å². The summed E-state index contributed by atoms with van der Waals surface area (Å²) in [5.74, 6) is 2.19. The van der Waals surface area contributed by atoms with E-state index in [9.17, 15) is 0 Å². The number of hydrogen-bond donors (Lipinski definition) is 1. The van der Waals surface area contributed by atoms with E-state index in [4.69, 9.17) is 19.9 Å². The fourth-order valence-electron chi connectivity index (χ4n) is 2.27. The van der Waals surface area contributed by atoms with Crippen LogP contribution in [-0.4, -0.2) is 33.5 Å². The number of benzene rings is 1. The first-order chi connectivity index (χ1) is 9.33. The summed E-state index contributed by atoms with van der Waals surface area (Å²) in [6.07, 6.45) is 3.01. The zero-order valence-electron chi connectivity index (χ0n) is 11.6. The molecule has 1 aromatic carbocycles. The summed E-state index contributed by atoms with van der Waals surface area (Å²) in [4.78, 5) is 0. The molecule has 0 unspecified atom stereocenters. The predicted molar refractivity (Wildman–Crippen MR) is 74.8 cm³/mol. The Labute approximate surface area is 114 Å². The van der Waals surface area contributed by atoms with Gasteiger partial charge in [0, 0.05) is 13.2 Å². The number of ether oxygens (including phenoxy) is 3. The van der Waals surface area contributed by atoms with Gasteiger partial charge < -0.3 is 19.9 Å². The molecule has 4 nitrogen and oxygen atoms in total. The highest BCUT2D eigenvalue weighted by Crippen LogP contribution is 2.29. The van der Waals surface area contributed by atoms with Gasteiger partial charge in [0.05, 0.1) is 13.7 Å². The van der Waals surface area contributed by atoms with Gasteiger partial charge in [-0.05, 0) is 49.4 Å². The maximum absolute atomic E-state index is 5.89. The van der Waals surface area contributed by atoms with Gasteiger partial charge in [0.25, 0.3) is 0 Å². The van der Waals surface area contributed by atoms with Crippen LogP contribution in [-0.2, 0) is 11.2 Å². The van der Waals surface area contributed by atoms with Gasteiger partial charge >= 0.3 is 0 Å². The van der Waals surface area contributed by atoms with Crippen LogP contribution in [0.2, 0.25) is 0 Å². The van der Waals surface area contributed by atoms with Gasteiger partial charge in [-0.25, -0.2) is 0 Å². The van der Waals surface area contributed by atoms with Crippen LogP contribution < -0.4 is 15.2 Å². The third-order valence-electron chi connectivity index (χ3n) is 3.48. The molecule has 0 aliphatic carbocycles. The molecule has 2 rings (SSSR count). The third-order valence-corrected chi connectivity index (χ3v) is 3.48. The molecule has 1 heterocycles. The Bertz CT molecular complexity index is 389. The zero-order valence-corrected chi connectivity index (χ0v) is 11.6. The van der Waals surface area contributed by atoms with E-state index in [1.54, 1.807) is 7.11 Å². The molecule has 0 atom stereocenters. The van der Waals surface area contributed by atoms with E-state index in [1.807, 2.05) is 12.1 Å². The average Bonchev–Trinajstić information content (AvgIpc) is 2.47. The lowest BCUT2D eigenvalue weighted by molar-refractivity contribution is 0.0493. The topological polar surface area (TPSA) is 53.7 Å². The van der Waals surface area contributed by atoms with Crippen molar-refractivity contribution in [3.8, 4) is 11.5 Å². The van der Waals surface area contributed by atoms with Gasteiger partial charge in [-0.2, -0.15) is 0 Å². The molecular weight excluding hydrogens is 242 g/mol. The Morgan fingerprint density at radius 3 is 2.74 bits per heavy atom. The molecule has 2 N–H and O–H groups in total. The maximum atomic E-state index is 5.89. The van der Waals surface area contributed by atoms with Crippen molar-refractivity contribution in [2.24, 2.45) is 11.7 Å². The third kappa shape index (κ3) is 4.11. The minimum absolute atomic E-state index is 0.585. The van der Waals surface area contributed by atoms with E-state index < -0.39 is 0 Å². The number of hydrogen-bond acceptors (Lipinski definition) is 4. The highest BCUT2D eigenvalue weighted by atomic mass is 16.5. The molecule has 1 aromatic rings. The second-order valence-corrected chi connectivity index (χ2v) is 4.89. The van der Waals surface area contributed by atoms with Crippen molar-refractivity contribution in [3.05, 3.63) is 23.8 Å². The van der Waals surface area contributed by atoms with Crippen LogP contribution >= 0.6 is 0 Å². The van der Waals surface area contributed by atoms with Crippen LogP contribution in [0.15, 0.2) is 18.2 Å². The summed E-state index contributed by atoms with van der Waals surface area (Å²) in [6, 6.07) is 6.03. The van der Waals surface area contributed by atoms with Gasteiger partial charge in [-0.3, -0.25) is 0 Å². The molecule has 0 radical (unpaired) electrons. The Kier molecular flexibility index (Phi) is 5.48. The van der Waals surface area contributed by atoms with Gasteiger partial charge in [0.15, 0.2) is 11.5 Å². The lowest BCUT2D eigenvalue weighted by atomic mass is 10.0. The monoisotopic (exact) mass is 265 g/mol. The summed E-state index contributed by atoms with van der Waals surface area (Å²) in [5.41, 5.74) is 6.74. The van der Waals surface area contributed by atoms with E-state index in [0.717, 1.165) is 50.6 Å². The van der Waals surface area contributed by atoms with Crippen LogP contribution in [0.3, 0.4) is 0 Å². The zero-order chi connectivity index (χ0) is 13.5. The van der Waals surface area contributed by atoms with Gasteiger partial charge in [0.2, 0.25) is 0 Å². The molecule has 106 valence electrons. The van der Waals surface area contributed by atoms with Crippen LogP contribution in [0.25, 0.3) is 0 Å². The molecule has 1 aliphatic rings. The molecule has 1 fully saturated rings. The SMILES string of the molecule is COc1cc(CCN)ccc1OCC1CCOCC1. The van der Waals surface area contributed by atoms with Crippen molar-refractivity contribution >= 4 is 0 Å². The van der Waals surface area contributed by atoms with Crippen LogP contribution in [0.5, 0.6) is 11.5 Å². The summed E-state index contributed by atoms with van der Waals surface area (Å²) < 4.78 is 16.6. The molecule has 1 saturated heterocycles. The van der Waals surface area contributed by atoms with Crippen LogP contribution in [0.1, 0.15) is 18.4 Å². The predicted octanol–water partition coefficient (Wildman–Crippen LogP) is 2.00. The second kappa shape index (κ2) is 7.36. The van der Waals surface area contributed by atoms with Crippen molar-refractivity contribution in [1.29, 1.82) is 0 Å². The summed E-state index contributed by atoms with van der Waals surface area (Å²) in [7, 11) is 1.67. The quantitative estimate of drug-likeness (QED) is 0.854. The van der Waals surface area contributed by atoms with E-state index >= 15 is 0 Å². The van der Waals surface area contributed by atoms with Gasteiger partial charge in [0.1, 0.15) is 0 Å². The van der Waals surface area contributed by atoms with E-state index in [2.05, 4.69) is 6.07 Å². The summed E-state index contributed by atoms with van der Waals surface area (Å²) in [6.45, 7) is 3.07. The lowest BCUT2D eigenvalue weighted by Gasteiger charge is -2.22. The van der Waals surface area contributed by atoms with Crippen LogP contribution in [0, 0.1) is 5.92 Å². The summed E-state index contributed by atoms with van der Waals surface area (Å²) >= 11 is 0. The Hall–Kier alpha value is -1.26. The Morgan fingerprint density at radius 2 is 2.05 bits per heavy atom. The van der Waals surface area contributed by atoms with E-state index in [0.29, 0.717) is 12.5 Å². The molecule has 0 spiro atoms. The molecule has 0 bridgehead atoms. The first-order valence-electron chi connectivity index (χ1n) is 6.91. The Morgan fingerprint density at radius 1 is 1.26 bits per heavy atom. The number of rotatable bonds is 6. The minimum Gasteiger partial charge on any atom is -0.493 e. The molecule has 4 heteroatoms. The highest BCUT2D eigenvalue weighted by Gasteiger charge is 2.15. The van der Waals surface area contributed by atoms with Gasteiger partial charge in [-0.15, -0.1) is 0 Å². The second-order valence-electron chi connectivity index (χ2n) is 4.89. The van der Waals surface area contributed by atoms with Crippen molar-refractivity contribution in [3.63, 3.8) is 0 Å². The smallest absolute Gasteiger partial charge is 0.161 e. The Balaban J connectivity index is 1.94. The number of methoxy groups -OCH3 is 1. The standard InChI is InChI=1S/C15H23NO3/c1-17-15-10-12(4-7-16)2-3-14(15)19-11-13-5-8-18-9-6-13/h2-3,10,13H,4-9,11,16H2,1H3. The maximum Gasteiger partial charge on any atom is 0.161 e. The van der Waals surface area contributed by atoms with Crippen molar-refractivity contribution in [1.82, 2.24) is 0 Å². The van der Waals surface area contributed by atoms with Crippen molar-refractivity contribution in [2.45, 2.75) is 19.3 Å². The van der Waals surface area contributed by atoms with Crippen molar-refractivity contribution in [2.75, 3.05) is 33.5 Å². The molecule has 0 aromatic heterocycles. The molecule has 19 heavy (non-hydrogen) atoms.